The third-order valence-electron chi connectivity index (χ3n) is 3.75. The molecule has 9 heteroatoms. The van der Waals surface area contributed by atoms with Gasteiger partial charge in [-0.25, -0.2) is 0 Å². The van der Waals surface area contributed by atoms with E-state index < -0.39 is 0 Å². The van der Waals surface area contributed by atoms with Crippen LogP contribution >= 0.6 is 11.3 Å². The summed E-state index contributed by atoms with van der Waals surface area (Å²) in [7, 11) is 6.56. The molecule has 0 spiro atoms. The van der Waals surface area contributed by atoms with Gasteiger partial charge < -0.3 is 18.8 Å². The van der Waals surface area contributed by atoms with Gasteiger partial charge in [-0.2, -0.15) is 0 Å². The summed E-state index contributed by atoms with van der Waals surface area (Å²) in [4.78, 5) is 12.7. The maximum Gasteiger partial charge on any atom is 0.274 e. The Morgan fingerprint density at radius 3 is 2.60 bits per heavy atom. The second-order valence-corrected chi connectivity index (χ2v) is 6.27. The molecule has 132 valence electrons. The number of fused-ring (bicyclic) bond motifs is 1. The molecule has 1 aromatic carbocycles. The minimum absolute atomic E-state index is 0.289. The lowest BCUT2D eigenvalue weighted by Gasteiger charge is -2.08. The molecule has 3 rings (SSSR count). The first kappa shape index (κ1) is 17.2. The topological polar surface area (TPSA) is 87.5 Å². The number of methoxy groups -OCH3 is 3. The van der Waals surface area contributed by atoms with Gasteiger partial charge in [0.05, 0.1) is 19.7 Å². The highest BCUT2D eigenvalue weighted by molar-refractivity contribution is 7.15. The van der Waals surface area contributed by atoms with E-state index in [9.17, 15) is 4.79 Å². The summed E-state index contributed by atoms with van der Waals surface area (Å²) < 4.78 is 17.6. The largest absolute Gasteiger partial charge is 0.496 e. The molecule has 1 amide bonds. The van der Waals surface area contributed by atoms with E-state index in [0.29, 0.717) is 33.9 Å². The van der Waals surface area contributed by atoms with E-state index in [4.69, 9.17) is 14.2 Å². The first-order valence-electron chi connectivity index (χ1n) is 7.42. The average molecular weight is 362 g/mol. The van der Waals surface area contributed by atoms with Gasteiger partial charge in [0.25, 0.3) is 5.91 Å². The molecular formula is C16H18N4O4S. The molecule has 1 N–H and O–H groups in total. The van der Waals surface area contributed by atoms with Crippen LogP contribution in [0.15, 0.2) is 18.2 Å². The standard InChI is InChI=1S/C16H18N4O4S/c1-20-10(15(21)17-16-19-18-13(25-16)8-22-2)7-9-11(23-3)5-6-12(24-4)14(9)20/h5-7H,8H2,1-4H3,(H,17,19,21). The summed E-state index contributed by atoms with van der Waals surface area (Å²) in [5, 5.41) is 12.6. The summed E-state index contributed by atoms with van der Waals surface area (Å²) in [5.74, 6) is 1.04. The average Bonchev–Trinajstić information content (AvgIpc) is 3.19. The van der Waals surface area contributed by atoms with Crippen molar-refractivity contribution in [3.63, 3.8) is 0 Å². The van der Waals surface area contributed by atoms with Crippen LogP contribution in [0.4, 0.5) is 5.13 Å². The van der Waals surface area contributed by atoms with Crippen molar-refractivity contribution in [1.29, 1.82) is 0 Å². The third kappa shape index (κ3) is 3.15. The SMILES string of the molecule is COCc1nnc(NC(=O)c2cc3c(OC)ccc(OC)c3n2C)s1. The molecule has 0 aliphatic heterocycles. The number of aryl methyl sites for hydroxylation is 1. The van der Waals surface area contributed by atoms with E-state index in [0.717, 1.165) is 10.9 Å². The van der Waals surface area contributed by atoms with Crippen molar-refractivity contribution in [3.8, 4) is 11.5 Å². The second kappa shape index (κ2) is 7.08. The van der Waals surface area contributed by atoms with E-state index in [1.54, 1.807) is 39.0 Å². The maximum absolute atomic E-state index is 12.7. The Kier molecular flexibility index (Phi) is 4.86. The minimum Gasteiger partial charge on any atom is -0.496 e. The van der Waals surface area contributed by atoms with Crippen molar-refractivity contribution in [2.75, 3.05) is 26.6 Å². The fourth-order valence-electron chi connectivity index (χ4n) is 2.62. The number of aromatic nitrogens is 3. The Balaban J connectivity index is 1.97. The molecule has 0 bridgehead atoms. The maximum atomic E-state index is 12.7. The highest BCUT2D eigenvalue weighted by Crippen LogP contribution is 2.35. The van der Waals surface area contributed by atoms with E-state index in [2.05, 4.69) is 15.5 Å². The molecule has 8 nitrogen and oxygen atoms in total. The first-order chi connectivity index (χ1) is 12.1. The summed E-state index contributed by atoms with van der Waals surface area (Å²) in [6.07, 6.45) is 0. The number of benzene rings is 1. The fraction of sp³-hybridized carbons (Fsp3) is 0.312. The predicted molar refractivity (Wildman–Crippen MR) is 94.6 cm³/mol. The summed E-state index contributed by atoms with van der Waals surface area (Å²) in [6, 6.07) is 5.39. The number of amides is 1. The molecule has 0 saturated heterocycles. The smallest absolute Gasteiger partial charge is 0.274 e. The number of nitrogens with one attached hydrogen (secondary N) is 1. The van der Waals surface area contributed by atoms with Crippen LogP contribution in [0.1, 0.15) is 15.5 Å². The number of hydrogen-bond acceptors (Lipinski definition) is 7. The molecule has 0 saturated carbocycles. The van der Waals surface area contributed by atoms with Crippen molar-refractivity contribution in [2.24, 2.45) is 7.05 Å². The number of hydrogen-bond donors (Lipinski definition) is 1. The number of anilines is 1. The normalized spacial score (nSPS) is 10.9. The summed E-state index contributed by atoms with van der Waals surface area (Å²) in [5.41, 5.74) is 1.24. The molecule has 25 heavy (non-hydrogen) atoms. The number of nitrogens with zero attached hydrogens (tertiary/aromatic N) is 3. The number of carbonyl (C=O) groups excluding carboxylic acids is 1. The van der Waals surface area contributed by atoms with Gasteiger partial charge in [0.2, 0.25) is 5.13 Å². The molecule has 0 unspecified atom stereocenters. The minimum atomic E-state index is -0.289. The predicted octanol–water partition coefficient (Wildman–Crippen LogP) is 2.45. The summed E-state index contributed by atoms with van der Waals surface area (Å²) in [6.45, 7) is 0.357. The molecule has 0 aliphatic carbocycles. The molecule has 2 aromatic heterocycles. The second-order valence-electron chi connectivity index (χ2n) is 5.21. The van der Waals surface area contributed by atoms with Gasteiger partial charge in [0.1, 0.15) is 28.8 Å². The Labute approximate surface area is 148 Å². The van der Waals surface area contributed by atoms with Gasteiger partial charge in [-0.3, -0.25) is 10.1 Å². The van der Waals surface area contributed by atoms with Crippen LogP contribution in [-0.4, -0.2) is 42.0 Å². The Bertz CT molecular complexity index is 918. The van der Waals surface area contributed by atoms with Gasteiger partial charge in [-0.15, -0.1) is 10.2 Å². The lowest BCUT2D eigenvalue weighted by molar-refractivity contribution is 0.101. The van der Waals surface area contributed by atoms with Gasteiger partial charge in [-0.05, 0) is 18.2 Å². The van der Waals surface area contributed by atoms with Crippen LogP contribution < -0.4 is 14.8 Å². The number of ether oxygens (including phenoxy) is 3. The Morgan fingerprint density at radius 1 is 1.20 bits per heavy atom. The van der Waals surface area contributed by atoms with Gasteiger partial charge in [0.15, 0.2) is 0 Å². The van der Waals surface area contributed by atoms with Crippen LogP contribution in [0.2, 0.25) is 0 Å². The molecule has 0 atom stereocenters. The van der Waals surface area contributed by atoms with Crippen LogP contribution in [0, 0.1) is 0 Å². The highest BCUT2D eigenvalue weighted by Gasteiger charge is 2.20. The van der Waals surface area contributed by atoms with Crippen molar-refractivity contribution in [2.45, 2.75) is 6.61 Å². The quantitative estimate of drug-likeness (QED) is 0.725. The zero-order valence-corrected chi connectivity index (χ0v) is 15.1. The van der Waals surface area contributed by atoms with Crippen molar-refractivity contribution >= 4 is 33.3 Å². The van der Waals surface area contributed by atoms with E-state index in [1.165, 1.54) is 11.3 Å². The molecule has 2 heterocycles. The van der Waals surface area contributed by atoms with Crippen molar-refractivity contribution < 1.29 is 19.0 Å². The van der Waals surface area contributed by atoms with E-state index >= 15 is 0 Å². The first-order valence-corrected chi connectivity index (χ1v) is 8.23. The van der Waals surface area contributed by atoms with Gasteiger partial charge in [0, 0.05) is 19.5 Å². The van der Waals surface area contributed by atoms with E-state index in [-0.39, 0.29) is 5.91 Å². The summed E-state index contributed by atoms with van der Waals surface area (Å²) >= 11 is 1.27. The van der Waals surface area contributed by atoms with Crippen LogP contribution in [0.25, 0.3) is 10.9 Å². The van der Waals surface area contributed by atoms with E-state index in [1.807, 2.05) is 12.1 Å². The third-order valence-corrected chi connectivity index (χ3v) is 4.56. The van der Waals surface area contributed by atoms with Gasteiger partial charge in [-0.1, -0.05) is 11.3 Å². The fourth-order valence-corrected chi connectivity index (χ4v) is 3.32. The molecule has 0 radical (unpaired) electrons. The highest BCUT2D eigenvalue weighted by atomic mass is 32.1. The lowest BCUT2D eigenvalue weighted by Crippen LogP contribution is -2.15. The van der Waals surface area contributed by atoms with Crippen LogP contribution in [0.3, 0.4) is 0 Å². The molecule has 0 aliphatic rings. The van der Waals surface area contributed by atoms with Crippen LogP contribution in [0.5, 0.6) is 11.5 Å². The number of carbonyl (C=O) groups is 1. The Hall–Kier alpha value is -2.65. The zero-order valence-electron chi connectivity index (χ0n) is 14.3. The number of rotatable bonds is 6. The molecule has 3 aromatic rings. The molecule has 0 fully saturated rings. The Morgan fingerprint density at radius 2 is 1.92 bits per heavy atom. The lowest BCUT2D eigenvalue weighted by atomic mass is 10.2. The monoisotopic (exact) mass is 362 g/mol. The molecular weight excluding hydrogens is 344 g/mol. The van der Waals surface area contributed by atoms with Crippen molar-refractivity contribution in [3.05, 3.63) is 28.9 Å². The zero-order chi connectivity index (χ0) is 18.0. The van der Waals surface area contributed by atoms with Gasteiger partial charge >= 0.3 is 0 Å². The van der Waals surface area contributed by atoms with Crippen LogP contribution in [-0.2, 0) is 18.4 Å². The van der Waals surface area contributed by atoms with Crippen molar-refractivity contribution in [1.82, 2.24) is 14.8 Å².